The zero-order chi connectivity index (χ0) is 23.3. The van der Waals surface area contributed by atoms with Gasteiger partial charge in [0.15, 0.2) is 0 Å². The van der Waals surface area contributed by atoms with Crippen LogP contribution >= 0.6 is 0 Å². The highest BCUT2D eigenvalue weighted by Gasteiger charge is 2.29. The number of hydrogen-bond acceptors (Lipinski definition) is 5. The fraction of sp³-hybridized carbons (Fsp3) is 0.480. The van der Waals surface area contributed by atoms with Gasteiger partial charge in [0.05, 0.1) is 11.0 Å². The second-order valence-corrected chi connectivity index (χ2v) is 10.8. The molecule has 0 radical (unpaired) electrons. The standard InChI is InChI=1S/C25H32N2O5S/c1-27(21-8-3-2-4-9-21)33(29,30)24-14-12-19(13-15-24)25(28)26-20-7-5-10-22(17-20)32-18-23-11-6-16-31-23/h5,7,10,12-15,17,21,23H,2-4,6,8-9,11,16,18H2,1H3,(H,26,28). The van der Waals surface area contributed by atoms with E-state index in [4.69, 9.17) is 9.47 Å². The van der Waals surface area contributed by atoms with Crippen LogP contribution in [0.15, 0.2) is 53.4 Å². The second kappa shape index (κ2) is 10.7. The number of benzene rings is 2. The number of amides is 1. The zero-order valence-corrected chi connectivity index (χ0v) is 19.9. The molecule has 33 heavy (non-hydrogen) atoms. The Hall–Kier alpha value is -2.42. The minimum Gasteiger partial charge on any atom is -0.491 e. The first-order chi connectivity index (χ1) is 15.9. The predicted octanol–water partition coefficient (Wildman–Crippen LogP) is 4.45. The number of nitrogens with zero attached hydrogens (tertiary/aromatic N) is 1. The summed E-state index contributed by atoms with van der Waals surface area (Å²) in [5.74, 6) is 0.353. The minimum atomic E-state index is -3.58. The van der Waals surface area contributed by atoms with E-state index in [1.54, 1.807) is 31.3 Å². The lowest BCUT2D eigenvalue weighted by atomic mass is 9.96. The van der Waals surface area contributed by atoms with E-state index in [9.17, 15) is 13.2 Å². The summed E-state index contributed by atoms with van der Waals surface area (Å²) in [5, 5.41) is 2.85. The van der Waals surface area contributed by atoms with Gasteiger partial charge in [-0.1, -0.05) is 25.3 Å². The largest absolute Gasteiger partial charge is 0.491 e. The average molecular weight is 473 g/mol. The van der Waals surface area contributed by atoms with Gasteiger partial charge >= 0.3 is 0 Å². The number of nitrogens with one attached hydrogen (secondary N) is 1. The van der Waals surface area contributed by atoms with Gasteiger partial charge in [0.2, 0.25) is 10.0 Å². The summed E-state index contributed by atoms with van der Waals surface area (Å²) in [6.07, 6.45) is 7.25. The molecule has 1 unspecified atom stereocenters. The summed E-state index contributed by atoms with van der Waals surface area (Å²) >= 11 is 0. The van der Waals surface area contributed by atoms with Crippen LogP contribution in [0.5, 0.6) is 5.75 Å². The molecule has 1 atom stereocenters. The normalized spacial score (nSPS) is 19.5. The molecule has 0 spiro atoms. The van der Waals surface area contributed by atoms with E-state index in [-0.39, 0.29) is 22.9 Å². The Bertz CT molecular complexity index is 1040. The topological polar surface area (TPSA) is 84.9 Å². The van der Waals surface area contributed by atoms with Crippen LogP contribution in [0.4, 0.5) is 5.69 Å². The van der Waals surface area contributed by atoms with Crippen LogP contribution in [0.3, 0.4) is 0 Å². The smallest absolute Gasteiger partial charge is 0.255 e. The number of carbonyl (C=O) groups is 1. The minimum absolute atomic E-state index is 0.0430. The van der Waals surface area contributed by atoms with Crippen molar-refractivity contribution in [1.29, 1.82) is 0 Å². The Labute approximate surface area is 196 Å². The summed E-state index contributed by atoms with van der Waals surface area (Å²) in [6.45, 7) is 1.27. The molecule has 2 fully saturated rings. The van der Waals surface area contributed by atoms with Gasteiger partial charge in [-0.15, -0.1) is 0 Å². The van der Waals surface area contributed by atoms with Crippen molar-refractivity contribution >= 4 is 21.6 Å². The Morgan fingerprint density at radius 2 is 1.82 bits per heavy atom. The van der Waals surface area contributed by atoms with Crippen molar-refractivity contribution in [1.82, 2.24) is 4.31 Å². The third-order valence-corrected chi connectivity index (χ3v) is 8.36. The summed E-state index contributed by atoms with van der Waals surface area (Å²) in [4.78, 5) is 12.9. The highest BCUT2D eigenvalue weighted by molar-refractivity contribution is 7.89. The Balaban J connectivity index is 1.37. The van der Waals surface area contributed by atoms with Gasteiger partial charge in [-0.2, -0.15) is 4.31 Å². The number of anilines is 1. The molecule has 2 aromatic rings. The van der Waals surface area contributed by atoms with Crippen LogP contribution in [0.25, 0.3) is 0 Å². The SMILES string of the molecule is CN(C1CCCCC1)S(=O)(=O)c1ccc(C(=O)Nc2cccc(OCC3CCCO3)c2)cc1. The van der Waals surface area contributed by atoms with Crippen LogP contribution in [0.1, 0.15) is 55.3 Å². The predicted molar refractivity (Wildman–Crippen MR) is 127 cm³/mol. The first-order valence-corrected chi connectivity index (χ1v) is 13.1. The first-order valence-electron chi connectivity index (χ1n) is 11.7. The van der Waals surface area contributed by atoms with Gasteiger partial charge in [0.25, 0.3) is 5.91 Å². The zero-order valence-electron chi connectivity index (χ0n) is 19.0. The van der Waals surface area contributed by atoms with Crippen molar-refractivity contribution in [2.45, 2.75) is 62.0 Å². The van der Waals surface area contributed by atoms with E-state index in [1.165, 1.54) is 16.4 Å². The van der Waals surface area contributed by atoms with Crippen molar-refractivity contribution in [3.63, 3.8) is 0 Å². The van der Waals surface area contributed by atoms with Crippen LogP contribution in [-0.2, 0) is 14.8 Å². The van der Waals surface area contributed by atoms with Crippen molar-refractivity contribution < 1.29 is 22.7 Å². The van der Waals surface area contributed by atoms with Crippen LogP contribution in [0.2, 0.25) is 0 Å². The molecule has 0 aromatic heterocycles. The molecule has 2 aliphatic rings. The molecule has 1 aliphatic heterocycles. The fourth-order valence-electron chi connectivity index (χ4n) is 4.42. The first kappa shape index (κ1) is 23.7. The summed E-state index contributed by atoms with van der Waals surface area (Å²) < 4.78 is 38.9. The van der Waals surface area contributed by atoms with Crippen LogP contribution in [0, 0.1) is 0 Å². The van der Waals surface area contributed by atoms with Gasteiger partial charge in [0, 0.05) is 37.0 Å². The van der Waals surface area contributed by atoms with Gasteiger partial charge in [-0.25, -0.2) is 8.42 Å². The number of carbonyl (C=O) groups excluding carboxylic acids is 1. The molecule has 4 rings (SSSR count). The summed E-state index contributed by atoms with van der Waals surface area (Å²) in [7, 11) is -1.93. The highest BCUT2D eigenvalue weighted by atomic mass is 32.2. The van der Waals surface area contributed by atoms with E-state index in [0.717, 1.165) is 51.6 Å². The Morgan fingerprint density at radius 3 is 2.52 bits per heavy atom. The Morgan fingerprint density at radius 1 is 1.06 bits per heavy atom. The van der Waals surface area contributed by atoms with Crippen molar-refractivity contribution in [2.75, 3.05) is 25.6 Å². The lowest BCUT2D eigenvalue weighted by Gasteiger charge is -2.30. The maximum absolute atomic E-state index is 13.0. The van der Waals surface area contributed by atoms with E-state index >= 15 is 0 Å². The molecule has 1 heterocycles. The van der Waals surface area contributed by atoms with E-state index < -0.39 is 10.0 Å². The van der Waals surface area contributed by atoms with Crippen molar-refractivity contribution in [2.24, 2.45) is 0 Å². The van der Waals surface area contributed by atoms with Crippen LogP contribution in [-0.4, -0.2) is 51.0 Å². The molecule has 8 heteroatoms. The monoisotopic (exact) mass is 472 g/mol. The number of sulfonamides is 1. The molecular weight excluding hydrogens is 440 g/mol. The fourth-order valence-corrected chi connectivity index (χ4v) is 5.83. The van der Waals surface area contributed by atoms with Gasteiger partial charge in [-0.3, -0.25) is 4.79 Å². The molecular formula is C25H32N2O5S. The van der Waals surface area contributed by atoms with Gasteiger partial charge in [0.1, 0.15) is 12.4 Å². The molecule has 1 saturated heterocycles. The number of ether oxygens (including phenoxy) is 2. The average Bonchev–Trinajstić information content (AvgIpc) is 3.37. The molecule has 1 saturated carbocycles. The Kier molecular flexibility index (Phi) is 7.67. The second-order valence-electron chi connectivity index (χ2n) is 8.77. The maximum Gasteiger partial charge on any atom is 0.255 e. The third-order valence-electron chi connectivity index (χ3n) is 6.43. The molecule has 1 aliphatic carbocycles. The van der Waals surface area contributed by atoms with Gasteiger partial charge < -0.3 is 14.8 Å². The van der Waals surface area contributed by atoms with E-state index in [0.29, 0.717) is 23.6 Å². The summed E-state index contributed by atoms with van der Waals surface area (Å²) in [5.41, 5.74) is 0.999. The molecule has 0 bridgehead atoms. The lowest BCUT2D eigenvalue weighted by Crippen LogP contribution is -2.38. The highest BCUT2D eigenvalue weighted by Crippen LogP contribution is 2.27. The number of rotatable bonds is 8. The molecule has 1 amide bonds. The van der Waals surface area contributed by atoms with E-state index in [1.807, 2.05) is 12.1 Å². The molecule has 1 N–H and O–H groups in total. The van der Waals surface area contributed by atoms with Crippen molar-refractivity contribution in [3.8, 4) is 5.75 Å². The summed E-state index contributed by atoms with van der Waals surface area (Å²) in [6, 6.07) is 13.4. The maximum atomic E-state index is 13.0. The molecule has 7 nitrogen and oxygen atoms in total. The third kappa shape index (κ3) is 5.93. The molecule has 178 valence electrons. The lowest BCUT2D eigenvalue weighted by molar-refractivity contribution is 0.0680. The van der Waals surface area contributed by atoms with Crippen LogP contribution < -0.4 is 10.1 Å². The number of hydrogen-bond donors (Lipinski definition) is 1. The molecule has 2 aromatic carbocycles. The van der Waals surface area contributed by atoms with E-state index in [2.05, 4.69) is 5.32 Å². The van der Waals surface area contributed by atoms with Gasteiger partial charge in [-0.05, 0) is 62.1 Å². The quantitative estimate of drug-likeness (QED) is 0.614. The van der Waals surface area contributed by atoms with Crippen molar-refractivity contribution in [3.05, 3.63) is 54.1 Å².